The van der Waals surface area contributed by atoms with Crippen LogP contribution in [0.4, 0.5) is 39.5 Å². The van der Waals surface area contributed by atoms with Crippen molar-refractivity contribution in [3.8, 4) is 96.1 Å². The number of hydrogen-bond acceptors (Lipinski definition) is 26. The van der Waals surface area contributed by atoms with Gasteiger partial charge in [0.1, 0.15) is 69.0 Å². The van der Waals surface area contributed by atoms with E-state index in [1.165, 1.54) is 70.9 Å². The Balaban J connectivity index is 0.000000134. The number of pyridine rings is 4. The molecule has 6 fully saturated rings. The number of esters is 3. The van der Waals surface area contributed by atoms with Gasteiger partial charge in [0, 0.05) is 118 Å². The van der Waals surface area contributed by atoms with Crippen molar-refractivity contribution in [2.45, 2.75) is 164 Å². The van der Waals surface area contributed by atoms with Crippen LogP contribution in [0.2, 0.25) is 0 Å². The van der Waals surface area contributed by atoms with Crippen LogP contribution in [0.1, 0.15) is 186 Å². The van der Waals surface area contributed by atoms with Gasteiger partial charge >= 0.3 is 25.0 Å². The molecule has 15 heterocycles. The van der Waals surface area contributed by atoms with E-state index in [2.05, 4.69) is 61.4 Å². The monoisotopic (exact) mass is 2140 g/mol. The van der Waals surface area contributed by atoms with Crippen molar-refractivity contribution < 1.29 is 120 Å². The second-order valence-corrected chi connectivity index (χ2v) is 38.2. The molecule has 0 unspecified atom stereocenters. The van der Waals surface area contributed by atoms with E-state index < -0.39 is 88.7 Å². The Morgan fingerprint density at radius 3 is 1.05 bits per heavy atom. The first-order valence-corrected chi connectivity index (χ1v) is 49.3. The van der Waals surface area contributed by atoms with Gasteiger partial charge in [0.05, 0.1) is 196 Å². The highest BCUT2D eigenvalue weighted by Gasteiger charge is 2.53. The SMILES string of the molecule is CCOC(=O)c1cnn([C@H]2CCOC2)c1-c1cc(F)c(-c2c(C)cnc(OC)c2C)cc1F.CCOC(=O)c1cnn([C@H]2CCOC2)c1-c1cc(F)c(B2OC(C)(C)C(C)(C)O2)cc1F.CCOC(=O)c1cnn([C@H]2CCOC2)c1-c1cc(F)c(Br)cc1F.COc1ncc(C)c(-c2cc(F)c(-c3c(C(N)=O)cnn3[C@H]3CCOC3)cc2F)c1C.COc1ncc(C)c(-c2cc3[nH]c(=O)c4cnn([C@H]5CCOC5)c4c3cc2F)c1C. The maximum Gasteiger partial charge on any atom is 0.497 e. The molecule has 0 aliphatic carbocycles. The van der Waals surface area contributed by atoms with Gasteiger partial charge in [-0.2, -0.15) is 25.5 Å². The molecule has 0 bridgehead atoms. The molecule has 3 N–H and O–H groups in total. The van der Waals surface area contributed by atoms with Crippen molar-refractivity contribution in [1.29, 1.82) is 0 Å². The fourth-order valence-corrected chi connectivity index (χ4v) is 19.6. The number of halogens is 10. The lowest BCUT2D eigenvalue weighted by molar-refractivity contribution is 0.00578. The fourth-order valence-electron chi connectivity index (χ4n) is 19.2. The number of rotatable bonds is 23. The summed E-state index contributed by atoms with van der Waals surface area (Å²) in [5.41, 5.74) is 12.0. The van der Waals surface area contributed by atoms with E-state index in [1.807, 2.05) is 41.5 Å². The van der Waals surface area contributed by atoms with Crippen molar-refractivity contribution in [1.82, 2.24) is 68.8 Å². The Kier molecular flexibility index (Phi) is 33.2. The highest BCUT2D eigenvalue weighted by Crippen LogP contribution is 2.46. The molecule has 6 aliphatic heterocycles. The smallest absolute Gasteiger partial charge is 0.481 e. The third-order valence-corrected chi connectivity index (χ3v) is 28.0. The first-order chi connectivity index (χ1) is 71.8. The van der Waals surface area contributed by atoms with Crippen LogP contribution in [0.3, 0.4) is 0 Å². The van der Waals surface area contributed by atoms with Crippen LogP contribution < -0.4 is 31.0 Å². The number of methoxy groups -OCH3 is 3. The van der Waals surface area contributed by atoms with Crippen molar-refractivity contribution in [2.75, 3.05) is 107 Å². The Bertz CT molecular complexity index is 7530. The van der Waals surface area contributed by atoms with Crippen LogP contribution in [0.15, 0.2) is 120 Å². The molecule has 5 aromatic carbocycles. The van der Waals surface area contributed by atoms with Gasteiger partial charge in [-0.15, -0.1) is 0 Å². The second kappa shape index (κ2) is 45.8. The zero-order valence-corrected chi connectivity index (χ0v) is 86.7. The fraction of sp³-hybridized carbons (Fsp3) is 0.387. The summed E-state index contributed by atoms with van der Waals surface area (Å²) in [5, 5.41) is 22.5. The lowest BCUT2D eigenvalue weighted by atomic mass is 9.78. The summed E-state index contributed by atoms with van der Waals surface area (Å²) in [4.78, 5) is 77.5. The number of nitrogens with two attached hydrogens (primary N) is 1. The number of nitrogens with zero attached hydrogens (tertiary/aromatic N) is 13. The Morgan fingerprint density at radius 2 is 0.700 bits per heavy atom. The number of benzene rings is 5. The molecule has 44 heteroatoms. The van der Waals surface area contributed by atoms with Crippen LogP contribution in [0.5, 0.6) is 17.6 Å². The summed E-state index contributed by atoms with van der Waals surface area (Å²) in [7, 11) is 3.42. The number of carbonyl (C=O) groups is 4. The largest absolute Gasteiger partial charge is 0.497 e. The number of hydrogen-bond donors (Lipinski definition) is 2. The lowest BCUT2D eigenvalue weighted by Gasteiger charge is -2.32. The van der Waals surface area contributed by atoms with Crippen LogP contribution in [0, 0.1) is 93.9 Å². The molecule has 6 saturated heterocycles. The average Bonchev–Trinajstić information content (AvgIpc) is 1.51. The van der Waals surface area contributed by atoms with Crippen LogP contribution in [-0.4, -0.2) is 218 Å². The molecule has 20 rings (SSSR count). The van der Waals surface area contributed by atoms with Gasteiger partial charge < -0.3 is 72.1 Å². The molecule has 9 aromatic heterocycles. The maximum atomic E-state index is 15.6. The average molecular weight is 2140 g/mol. The number of primary amides is 1. The van der Waals surface area contributed by atoms with Crippen molar-refractivity contribution >= 4 is 74.1 Å². The van der Waals surface area contributed by atoms with E-state index in [0.29, 0.717) is 176 Å². The van der Waals surface area contributed by atoms with Gasteiger partial charge in [0.2, 0.25) is 17.6 Å². The normalized spacial score (nSPS) is 17.5. The standard InChI is InChI=1S/C24H25F2N3O4.C22H27BF2N2O5.C22H22F2N4O3.C22H21FN4O3.C16H15BrF2N2O3/c1-5-33-24(30)18-11-28-29(15-6-7-32-12-15)22(18)17-9-19(25)16(8-20(17)26)21-13(2)10-27-23(31-4)14(21)3;1-6-30-20(28)15-11-26-27(13-7-8-29-12-13)19(15)14-9-18(25)16(10-17(14)24)23-31-21(2,3)22(4,5)32-23;1-11-8-26-22(30-3)12(2)19(11)14-6-18(24)15(7-17(14)23)20-16(21(25)29)9-27-28(20)13-4-5-31-10-13;1-11-8-24-22(29-3)12(2)19(11)14-7-18-15(6-17(14)23)20-16(21(28)26-18)9-25-27(20)13-4-5-30-10-13;1-2-24-16(22)11-7-20-21(9-3-4-23-8-9)15(11)10-5-14(19)12(17)6-13(10)18/h8-11,15H,5-7,12H2,1-4H3;9-11,13H,6-8,12H2,1-5H3;6-9,13H,4-5,10H2,1-3H3,(H2,25,29);6-9,13H,4-5,10H2,1-3H3,(H,26,28);5-7,9H,2-4,8H2,1H3/t15-;3*13-;9-/m00000/s1. The summed E-state index contributed by atoms with van der Waals surface area (Å²) in [6, 6.07) is 11.1. The molecule has 0 saturated carbocycles. The summed E-state index contributed by atoms with van der Waals surface area (Å²) >= 11 is 2.95. The van der Waals surface area contributed by atoms with E-state index in [0.717, 1.165) is 66.1 Å². The maximum absolute atomic E-state index is 15.6. The molecule has 5 atom stereocenters. The van der Waals surface area contributed by atoms with Crippen molar-refractivity contribution in [3.05, 3.63) is 233 Å². The zero-order valence-electron chi connectivity index (χ0n) is 85.1. The molecule has 790 valence electrons. The number of ether oxygens (including phenoxy) is 11. The summed E-state index contributed by atoms with van der Waals surface area (Å²) in [6.07, 6.45) is 15.0. The van der Waals surface area contributed by atoms with Gasteiger partial charge in [0.25, 0.3) is 11.5 Å². The summed E-state index contributed by atoms with van der Waals surface area (Å²) in [6.45, 7) is 28.4. The van der Waals surface area contributed by atoms with E-state index in [-0.39, 0.29) is 150 Å². The predicted octanol–water partition coefficient (Wildman–Crippen LogP) is 18.9. The highest BCUT2D eigenvalue weighted by atomic mass is 79.9. The lowest BCUT2D eigenvalue weighted by Crippen LogP contribution is -2.41. The minimum absolute atomic E-state index is 0.0108. The Labute approximate surface area is 864 Å². The molecule has 33 nitrogen and oxygen atoms in total. The quantitative estimate of drug-likeness (QED) is 0.0197. The van der Waals surface area contributed by atoms with Gasteiger partial charge in [-0.3, -0.25) is 33.0 Å². The molecule has 1 amide bonds. The van der Waals surface area contributed by atoms with E-state index in [4.69, 9.17) is 67.1 Å². The number of fused-ring (bicyclic) bond motifs is 3. The third kappa shape index (κ3) is 21.6. The van der Waals surface area contributed by atoms with E-state index in [9.17, 15) is 32.8 Å². The van der Waals surface area contributed by atoms with Crippen LogP contribution >= 0.6 is 15.9 Å². The van der Waals surface area contributed by atoms with E-state index in [1.54, 1.807) is 84.0 Å². The topological polar surface area (TPSA) is 375 Å². The number of amides is 1. The van der Waals surface area contributed by atoms with Crippen molar-refractivity contribution in [2.24, 2.45) is 5.73 Å². The molecule has 0 spiro atoms. The van der Waals surface area contributed by atoms with Gasteiger partial charge in [-0.25, -0.2) is 68.8 Å². The van der Waals surface area contributed by atoms with Gasteiger partial charge in [-0.05, 0) is 232 Å². The number of H-pyrrole nitrogens is 1. The second-order valence-electron chi connectivity index (χ2n) is 37.4. The first kappa shape index (κ1) is 109. The van der Waals surface area contributed by atoms with Crippen LogP contribution in [0.25, 0.3) is 100 Å². The molecule has 150 heavy (non-hydrogen) atoms. The van der Waals surface area contributed by atoms with Crippen molar-refractivity contribution in [3.63, 3.8) is 0 Å². The van der Waals surface area contributed by atoms with Gasteiger partial charge in [-0.1, -0.05) is 0 Å². The molecule has 6 aliphatic rings. The molecule has 0 radical (unpaired) electrons. The zero-order chi connectivity index (χ0) is 107. The molecular weight excluding hydrogens is 2030 g/mol. The number of nitrogens with one attached hydrogen (secondary N) is 1. The molecule has 14 aromatic rings. The summed E-state index contributed by atoms with van der Waals surface area (Å²) in [5.74, 6) is -7.35. The highest BCUT2D eigenvalue weighted by molar-refractivity contribution is 9.10. The third-order valence-electron chi connectivity index (χ3n) is 27.4. The Hall–Kier alpha value is -14.0. The minimum atomic E-state index is -1.05. The van der Waals surface area contributed by atoms with Gasteiger partial charge in [0.15, 0.2) is 0 Å². The Morgan fingerprint density at radius 1 is 0.400 bits per heavy atom. The first-order valence-electron chi connectivity index (χ1n) is 48.5. The number of carbonyl (C=O) groups excluding carboxylic acids is 4. The minimum Gasteiger partial charge on any atom is -0.481 e. The van der Waals surface area contributed by atoms with Crippen LogP contribution in [-0.2, 0) is 47.2 Å². The summed E-state index contributed by atoms with van der Waals surface area (Å²) < 4.78 is 214. The number of aromatic nitrogens is 14. The number of aryl methyl sites for hydroxylation is 3. The number of aromatic amines is 1. The predicted molar refractivity (Wildman–Crippen MR) is 538 cm³/mol. The van der Waals surface area contributed by atoms with E-state index >= 15 is 30.7 Å². The molecular formula is C106H110BBrF9N15O18.